The van der Waals surface area contributed by atoms with E-state index in [9.17, 15) is 8.42 Å². The van der Waals surface area contributed by atoms with Crippen LogP contribution in [0, 0.1) is 12.3 Å². The van der Waals surface area contributed by atoms with E-state index in [0.717, 1.165) is 13.1 Å². The zero-order valence-electron chi connectivity index (χ0n) is 7.81. The molecule has 2 aliphatic heterocycles. The highest BCUT2D eigenvalue weighted by molar-refractivity contribution is 7.87. The van der Waals surface area contributed by atoms with Gasteiger partial charge in [0.15, 0.2) is 0 Å². The Morgan fingerprint density at radius 1 is 1.43 bits per heavy atom. The van der Waals surface area contributed by atoms with Crippen molar-refractivity contribution >= 4 is 10.2 Å². The van der Waals surface area contributed by atoms with Gasteiger partial charge in [0, 0.05) is 26.2 Å². The number of rotatable bonds is 2. The third-order valence-electron chi connectivity index (χ3n) is 2.63. The molecule has 0 aromatic carbocycles. The molecular formula is C8H13N3O2S. The minimum absolute atomic E-state index is 0.128. The van der Waals surface area contributed by atoms with Gasteiger partial charge in [0.05, 0.1) is 12.6 Å². The van der Waals surface area contributed by atoms with Gasteiger partial charge in [-0.2, -0.15) is 17.0 Å². The summed E-state index contributed by atoms with van der Waals surface area (Å²) in [4.78, 5) is 0. The molecule has 2 fully saturated rings. The maximum absolute atomic E-state index is 11.8. The fourth-order valence-electron chi connectivity index (χ4n) is 1.70. The van der Waals surface area contributed by atoms with Gasteiger partial charge in [-0.05, 0) is 0 Å². The molecule has 0 unspecified atom stereocenters. The van der Waals surface area contributed by atoms with Gasteiger partial charge in [-0.3, -0.25) is 0 Å². The predicted octanol–water partition coefficient (Wildman–Crippen LogP) is -1.55. The minimum Gasteiger partial charge on any atom is -0.313 e. The fourth-order valence-corrected chi connectivity index (χ4v) is 3.38. The van der Waals surface area contributed by atoms with Gasteiger partial charge in [0.2, 0.25) is 0 Å². The SMILES string of the molecule is C#CCN1CCN(C2CNC2)S1(=O)=O. The van der Waals surface area contributed by atoms with Crippen molar-refractivity contribution in [2.75, 3.05) is 32.7 Å². The molecule has 0 saturated carbocycles. The topological polar surface area (TPSA) is 52.6 Å². The van der Waals surface area contributed by atoms with Crippen LogP contribution >= 0.6 is 0 Å². The van der Waals surface area contributed by atoms with Crippen molar-refractivity contribution in [2.45, 2.75) is 6.04 Å². The van der Waals surface area contributed by atoms with Crippen LogP contribution in [0.4, 0.5) is 0 Å². The molecule has 0 spiro atoms. The number of nitrogens with one attached hydrogen (secondary N) is 1. The highest BCUT2D eigenvalue weighted by Crippen LogP contribution is 2.20. The Balaban J connectivity index is 2.12. The van der Waals surface area contributed by atoms with E-state index in [1.165, 1.54) is 4.31 Å². The zero-order valence-corrected chi connectivity index (χ0v) is 8.63. The standard InChI is InChI=1S/C8H13N3O2S/c1-2-3-10-4-5-11(14(10,12)13)8-6-9-7-8/h1,8-9H,3-7H2. The summed E-state index contributed by atoms with van der Waals surface area (Å²) in [6, 6.07) is 0.128. The summed E-state index contributed by atoms with van der Waals surface area (Å²) < 4.78 is 26.6. The molecule has 0 aromatic heterocycles. The van der Waals surface area contributed by atoms with Crippen LogP contribution in [0.2, 0.25) is 0 Å². The first-order valence-corrected chi connectivity index (χ1v) is 5.97. The second-order valence-electron chi connectivity index (χ2n) is 3.47. The van der Waals surface area contributed by atoms with Crippen LogP contribution in [0.25, 0.3) is 0 Å². The Hall–Kier alpha value is -0.610. The van der Waals surface area contributed by atoms with Gasteiger partial charge in [0.1, 0.15) is 0 Å². The van der Waals surface area contributed by atoms with Crippen LogP contribution in [0.1, 0.15) is 0 Å². The molecule has 2 heterocycles. The maximum atomic E-state index is 11.8. The molecule has 2 aliphatic rings. The molecule has 0 aromatic rings. The molecule has 0 aliphatic carbocycles. The van der Waals surface area contributed by atoms with E-state index in [-0.39, 0.29) is 12.6 Å². The van der Waals surface area contributed by atoms with Crippen LogP contribution in [0.5, 0.6) is 0 Å². The molecule has 2 saturated heterocycles. The van der Waals surface area contributed by atoms with Gasteiger partial charge in [0.25, 0.3) is 10.2 Å². The van der Waals surface area contributed by atoms with Crippen molar-refractivity contribution in [1.82, 2.24) is 13.9 Å². The zero-order chi connectivity index (χ0) is 10.2. The summed E-state index contributed by atoms with van der Waals surface area (Å²) in [5.74, 6) is 2.37. The first kappa shape index (κ1) is 9.93. The Labute approximate surface area is 84.2 Å². The molecule has 6 heteroatoms. The number of terminal acetylenes is 1. The average molecular weight is 215 g/mol. The van der Waals surface area contributed by atoms with E-state index < -0.39 is 10.2 Å². The van der Waals surface area contributed by atoms with E-state index in [0.29, 0.717) is 13.1 Å². The number of nitrogens with zero attached hydrogens (tertiary/aromatic N) is 2. The van der Waals surface area contributed by atoms with E-state index in [1.54, 1.807) is 4.31 Å². The normalized spacial score (nSPS) is 28.5. The van der Waals surface area contributed by atoms with Crippen molar-refractivity contribution in [1.29, 1.82) is 0 Å². The van der Waals surface area contributed by atoms with Gasteiger partial charge in [-0.1, -0.05) is 5.92 Å². The molecule has 1 N–H and O–H groups in total. The first-order valence-electron chi connectivity index (χ1n) is 4.57. The van der Waals surface area contributed by atoms with E-state index in [4.69, 9.17) is 6.42 Å². The largest absolute Gasteiger partial charge is 0.313 e. The highest BCUT2D eigenvalue weighted by Gasteiger charge is 2.42. The molecular weight excluding hydrogens is 202 g/mol. The molecule has 0 bridgehead atoms. The highest BCUT2D eigenvalue weighted by atomic mass is 32.2. The number of hydrogen-bond donors (Lipinski definition) is 1. The molecule has 0 amide bonds. The lowest BCUT2D eigenvalue weighted by Crippen LogP contribution is -2.58. The van der Waals surface area contributed by atoms with Crippen LogP contribution in [0.15, 0.2) is 0 Å². The van der Waals surface area contributed by atoms with Crippen LogP contribution < -0.4 is 5.32 Å². The molecule has 78 valence electrons. The van der Waals surface area contributed by atoms with Crippen molar-refractivity contribution in [3.8, 4) is 12.3 Å². The van der Waals surface area contributed by atoms with E-state index in [1.807, 2.05) is 0 Å². The van der Waals surface area contributed by atoms with Crippen molar-refractivity contribution in [2.24, 2.45) is 0 Å². The Morgan fingerprint density at radius 2 is 2.14 bits per heavy atom. The summed E-state index contributed by atoms with van der Waals surface area (Å²) in [5, 5.41) is 3.06. The predicted molar refractivity (Wildman–Crippen MR) is 52.7 cm³/mol. The Kier molecular flexibility index (Phi) is 2.49. The lowest BCUT2D eigenvalue weighted by atomic mass is 10.2. The lowest BCUT2D eigenvalue weighted by Gasteiger charge is -2.34. The summed E-state index contributed by atoms with van der Waals surface area (Å²) >= 11 is 0. The lowest BCUT2D eigenvalue weighted by molar-refractivity contribution is 0.258. The Bertz CT molecular complexity index is 355. The van der Waals surface area contributed by atoms with Gasteiger partial charge < -0.3 is 5.32 Å². The molecule has 0 atom stereocenters. The van der Waals surface area contributed by atoms with Crippen LogP contribution in [-0.2, 0) is 10.2 Å². The quantitative estimate of drug-likeness (QED) is 0.568. The molecule has 2 rings (SSSR count). The fraction of sp³-hybridized carbons (Fsp3) is 0.750. The van der Waals surface area contributed by atoms with Crippen molar-refractivity contribution in [3.63, 3.8) is 0 Å². The third kappa shape index (κ3) is 1.42. The third-order valence-corrected chi connectivity index (χ3v) is 4.66. The van der Waals surface area contributed by atoms with E-state index >= 15 is 0 Å². The van der Waals surface area contributed by atoms with E-state index in [2.05, 4.69) is 11.2 Å². The summed E-state index contributed by atoms with van der Waals surface area (Å²) in [6.07, 6.45) is 5.11. The van der Waals surface area contributed by atoms with Gasteiger partial charge in [-0.25, -0.2) is 0 Å². The molecule has 14 heavy (non-hydrogen) atoms. The summed E-state index contributed by atoms with van der Waals surface area (Å²) in [7, 11) is -3.27. The number of hydrogen-bond acceptors (Lipinski definition) is 3. The van der Waals surface area contributed by atoms with Crippen molar-refractivity contribution < 1.29 is 8.42 Å². The van der Waals surface area contributed by atoms with Gasteiger partial charge >= 0.3 is 0 Å². The van der Waals surface area contributed by atoms with Crippen LogP contribution in [0.3, 0.4) is 0 Å². The summed E-state index contributed by atoms with van der Waals surface area (Å²) in [5.41, 5.74) is 0. The molecule has 5 nitrogen and oxygen atoms in total. The smallest absolute Gasteiger partial charge is 0.283 e. The van der Waals surface area contributed by atoms with Crippen molar-refractivity contribution in [3.05, 3.63) is 0 Å². The second-order valence-corrected chi connectivity index (χ2v) is 5.35. The van der Waals surface area contributed by atoms with Crippen LogP contribution in [-0.4, -0.2) is 55.8 Å². The minimum atomic E-state index is -3.27. The first-order chi connectivity index (χ1) is 6.66. The van der Waals surface area contributed by atoms with Gasteiger partial charge in [-0.15, -0.1) is 6.42 Å². The molecule has 0 radical (unpaired) electrons. The second kappa shape index (κ2) is 3.51. The average Bonchev–Trinajstić information content (AvgIpc) is 2.29. The maximum Gasteiger partial charge on any atom is 0.283 e. The Morgan fingerprint density at radius 3 is 2.64 bits per heavy atom. The summed E-state index contributed by atoms with van der Waals surface area (Å²) in [6.45, 7) is 2.77. The monoisotopic (exact) mass is 215 g/mol.